The zero-order chi connectivity index (χ0) is 33.7. The van der Waals surface area contributed by atoms with E-state index in [0.717, 1.165) is 50.3 Å². The van der Waals surface area contributed by atoms with Gasteiger partial charge in [0, 0.05) is 29.0 Å². The molecule has 0 aliphatic carbocycles. The number of thiophene rings is 1. The normalized spacial score (nSPS) is 11.5. The van der Waals surface area contributed by atoms with Gasteiger partial charge >= 0.3 is 0 Å². The molecule has 0 spiro atoms. The summed E-state index contributed by atoms with van der Waals surface area (Å²) in [4.78, 5) is 15.4. The maximum absolute atomic E-state index is 5.32. The summed E-state index contributed by atoms with van der Waals surface area (Å²) < 4.78 is 2.52. The first kappa shape index (κ1) is 29.4. The van der Waals surface area contributed by atoms with Crippen LogP contribution in [0.2, 0.25) is 0 Å². The average molecular weight is 669 g/mol. The summed E-state index contributed by atoms with van der Waals surface area (Å²) in [6, 6.07) is 60.4. The van der Waals surface area contributed by atoms with Crippen molar-refractivity contribution < 1.29 is 0 Å². The minimum atomic E-state index is 0.689. The van der Waals surface area contributed by atoms with Crippen molar-refractivity contribution in [1.29, 1.82) is 0 Å². The van der Waals surface area contributed by atoms with Crippen LogP contribution >= 0.6 is 11.3 Å². The molecule has 0 saturated carbocycles. The summed E-state index contributed by atoms with van der Waals surface area (Å²) in [7, 11) is 0. The summed E-state index contributed by atoms with van der Waals surface area (Å²) in [6.07, 6.45) is 1.89. The van der Waals surface area contributed by atoms with Gasteiger partial charge in [0.1, 0.15) is 5.52 Å². The molecule has 10 rings (SSSR count). The van der Waals surface area contributed by atoms with E-state index in [1.54, 1.807) is 0 Å². The van der Waals surface area contributed by atoms with Crippen LogP contribution in [0.4, 0.5) is 0 Å². The Morgan fingerprint density at radius 2 is 1.02 bits per heavy atom. The van der Waals surface area contributed by atoms with E-state index in [2.05, 4.69) is 152 Å². The monoisotopic (exact) mass is 668 g/mol. The molecule has 0 fully saturated rings. The summed E-state index contributed by atoms with van der Waals surface area (Å²) in [5.41, 5.74) is 10.4. The maximum atomic E-state index is 5.32. The van der Waals surface area contributed by atoms with Gasteiger partial charge in [0.05, 0.1) is 16.8 Å². The molecule has 3 aromatic heterocycles. The molecular weight excluding hydrogens is 639 g/mol. The highest BCUT2D eigenvalue weighted by atomic mass is 32.1. The van der Waals surface area contributed by atoms with Crippen molar-refractivity contribution in [1.82, 2.24) is 15.0 Å². The molecule has 0 N–H and O–H groups in total. The van der Waals surface area contributed by atoms with Gasteiger partial charge in [0.25, 0.3) is 0 Å². The van der Waals surface area contributed by atoms with Crippen LogP contribution < -0.4 is 0 Å². The molecule has 238 valence electrons. The fourth-order valence-corrected chi connectivity index (χ4v) is 8.48. The summed E-state index contributed by atoms with van der Waals surface area (Å²) in [5, 5.41) is 6.12. The lowest BCUT2D eigenvalue weighted by Crippen LogP contribution is -1.98. The highest BCUT2D eigenvalue weighted by Crippen LogP contribution is 2.42. The Hall–Kier alpha value is -6.49. The highest BCUT2D eigenvalue weighted by molar-refractivity contribution is 7.25. The highest BCUT2D eigenvalue weighted by Gasteiger charge is 2.20. The van der Waals surface area contributed by atoms with Gasteiger partial charge in [-0.3, -0.25) is 4.98 Å². The molecule has 51 heavy (non-hydrogen) atoms. The number of hydrogen-bond acceptors (Lipinski definition) is 3. The van der Waals surface area contributed by atoms with Crippen LogP contribution in [0.25, 0.3) is 98.0 Å². The third-order valence-electron chi connectivity index (χ3n) is 9.79. The van der Waals surface area contributed by atoms with E-state index in [1.807, 2.05) is 24.4 Å². The van der Waals surface area contributed by atoms with Gasteiger partial charge < -0.3 is 0 Å². The lowest BCUT2D eigenvalue weighted by atomic mass is 9.90. The topological polar surface area (TPSA) is 38.7 Å². The van der Waals surface area contributed by atoms with E-state index in [9.17, 15) is 0 Å². The van der Waals surface area contributed by atoms with Crippen molar-refractivity contribution in [3.05, 3.63) is 176 Å². The minimum absolute atomic E-state index is 0.689. The molecule has 10 aromatic rings. The third kappa shape index (κ3) is 5.16. The number of pyridine rings is 1. The van der Waals surface area contributed by atoms with Crippen LogP contribution in [0.3, 0.4) is 0 Å². The van der Waals surface area contributed by atoms with E-state index in [1.165, 1.54) is 53.2 Å². The Kier molecular flexibility index (Phi) is 7.00. The van der Waals surface area contributed by atoms with E-state index >= 15 is 0 Å². The second-order valence-corrected chi connectivity index (χ2v) is 14.0. The molecule has 7 aromatic carbocycles. The Balaban J connectivity index is 1.26. The SMILES string of the molecule is c1ccc(-c2cc(-c3ccccc3)nc(-c3cc(-c4cc5ccccc5c5ccccc45)ccc3-c3ccc4[sH+]c5cccnc5c4c3)n2)cc1. The predicted molar refractivity (Wildman–Crippen MR) is 216 cm³/mol. The van der Waals surface area contributed by atoms with E-state index in [4.69, 9.17) is 15.0 Å². The van der Waals surface area contributed by atoms with Gasteiger partial charge in [-0.15, -0.1) is 0 Å². The molecule has 0 atom stereocenters. The number of aromatic nitrogens is 3. The van der Waals surface area contributed by atoms with Crippen LogP contribution in [0.5, 0.6) is 0 Å². The predicted octanol–water partition coefficient (Wildman–Crippen LogP) is 12.6. The first-order valence-electron chi connectivity index (χ1n) is 17.1. The molecule has 0 unspecified atom stereocenters. The quantitative estimate of drug-likeness (QED) is 0.135. The number of hydrogen-bond donors (Lipinski definition) is 0. The summed E-state index contributed by atoms with van der Waals surface area (Å²) >= 11 is 1.20. The van der Waals surface area contributed by atoms with Crippen LogP contribution in [0.15, 0.2) is 176 Å². The first-order chi connectivity index (χ1) is 25.3. The Morgan fingerprint density at radius 3 is 1.78 bits per heavy atom. The molecule has 0 saturated heterocycles. The maximum Gasteiger partial charge on any atom is 0.198 e. The molecule has 4 heteroatoms. The first-order valence-corrected chi connectivity index (χ1v) is 18.0. The molecule has 0 bridgehead atoms. The van der Waals surface area contributed by atoms with Crippen molar-refractivity contribution in [3.8, 4) is 56.2 Å². The Labute approximate surface area is 299 Å². The van der Waals surface area contributed by atoms with Crippen molar-refractivity contribution in [3.63, 3.8) is 0 Å². The molecule has 0 aliphatic heterocycles. The summed E-state index contributed by atoms with van der Waals surface area (Å²) in [5.74, 6) is 0.689. The van der Waals surface area contributed by atoms with Crippen LogP contribution in [-0.2, 0) is 0 Å². The van der Waals surface area contributed by atoms with Crippen molar-refractivity contribution in [2.24, 2.45) is 0 Å². The standard InChI is InChI=1S/C47H29N3S/c1-3-12-30(13-4-1)42-29-43(31-14-5-2-6-15-31)50-47(49-42)40-27-34(39-26-32-16-7-8-17-35(32)37-18-9-10-19-38(37)39)21-23-36(40)33-22-24-44-41(28-33)46-45(51-44)20-11-25-48-46/h1-29H/p+1. The van der Waals surface area contributed by atoms with Crippen LogP contribution in [0.1, 0.15) is 0 Å². The fourth-order valence-electron chi connectivity index (χ4n) is 7.34. The second kappa shape index (κ2) is 12.1. The van der Waals surface area contributed by atoms with Gasteiger partial charge in [0.2, 0.25) is 0 Å². The minimum Gasteiger partial charge on any atom is -0.250 e. The molecule has 0 amide bonds. The molecule has 3 heterocycles. The zero-order valence-electron chi connectivity index (χ0n) is 27.5. The van der Waals surface area contributed by atoms with E-state index in [-0.39, 0.29) is 0 Å². The van der Waals surface area contributed by atoms with Gasteiger partial charge in [-0.2, -0.15) is 0 Å². The smallest absolute Gasteiger partial charge is 0.198 e. The van der Waals surface area contributed by atoms with Gasteiger partial charge in [-0.1, -0.05) is 121 Å². The number of benzene rings is 7. The van der Waals surface area contributed by atoms with Crippen molar-refractivity contribution in [2.75, 3.05) is 0 Å². The van der Waals surface area contributed by atoms with Gasteiger partial charge in [-0.25, -0.2) is 9.97 Å². The third-order valence-corrected chi connectivity index (χ3v) is 11.0. The Morgan fingerprint density at radius 1 is 0.373 bits per heavy atom. The van der Waals surface area contributed by atoms with Crippen molar-refractivity contribution >= 4 is 53.2 Å². The van der Waals surface area contributed by atoms with Gasteiger partial charge in [-0.05, 0) is 97.6 Å². The van der Waals surface area contributed by atoms with Crippen LogP contribution in [-0.4, -0.2) is 15.0 Å². The second-order valence-electron chi connectivity index (χ2n) is 12.9. The average Bonchev–Trinajstić information content (AvgIpc) is 3.59. The molecule has 0 aliphatic rings. The zero-order valence-corrected chi connectivity index (χ0v) is 28.4. The van der Waals surface area contributed by atoms with Crippen molar-refractivity contribution in [2.45, 2.75) is 0 Å². The van der Waals surface area contributed by atoms with E-state index in [0.29, 0.717) is 5.82 Å². The molecule has 3 nitrogen and oxygen atoms in total. The lowest BCUT2D eigenvalue weighted by molar-refractivity contribution is 1.18. The van der Waals surface area contributed by atoms with Crippen LogP contribution in [0, 0.1) is 0 Å². The van der Waals surface area contributed by atoms with E-state index < -0.39 is 0 Å². The Bertz CT molecular complexity index is 2860. The number of fused-ring (bicyclic) bond motifs is 6. The van der Waals surface area contributed by atoms with Gasteiger partial charge in [0.15, 0.2) is 15.2 Å². The number of nitrogens with zero attached hydrogens (tertiary/aromatic N) is 3. The number of rotatable bonds is 5. The molecular formula is C47H30N3S+. The summed E-state index contributed by atoms with van der Waals surface area (Å²) in [6.45, 7) is 0. The lowest BCUT2D eigenvalue weighted by Gasteiger charge is -2.16. The molecule has 0 radical (unpaired) electrons. The fraction of sp³-hybridized carbons (Fsp3) is 0. The largest absolute Gasteiger partial charge is 0.250 e.